The van der Waals surface area contributed by atoms with Crippen molar-refractivity contribution in [3.8, 4) is 28.3 Å². The van der Waals surface area contributed by atoms with Crippen molar-refractivity contribution < 1.29 is 0 Å². The van der Waals surface area contributed by atoms with Crippen LogP contribution >= 0.6 is 22.7 Å². The van der Waals surface area contributed by atoms with Crippen molar-refractivity contribution in [1.29, 1.82) is 0 Å². The van der Waals surface area contributed by atoms with Gasteiger partial charge in [-0.3, -0.25) is 0 Å². The minimum atomic E-state index is 0.744. The highest BCUT2D eigenvalue weighted by Crippen LogP contribution is 2.44. The second-order valence-electron chi connectivity index (χ2n) is 11.4. The molecule has 0 saturated carbocycles. The van der Waals surface area contributed by atoms with E-state index < -0.39 is 0 Å². The summed E-state index contributed by atoms with van der Waals surface area (Å²) in [7, 11) is 0. The highest BCUT2D eigenvalue weighted by atomic mass is 32.1. The maximum absolute atomic E-state index is 5.36. The molecule has 0 spiro atoms. The number of para-hydroxylation sites is 2. The normalized spacial score (nSPS) is 12.0. The molecule has 0 unspecified atom stereocenters. The molecule has 4 heterocycles. The molecule has 0 aliphatic rings. The van der Waals surface area contributed by atoms with Crippen LogP contribution in [-0.2, 0) is 0 Å². The van der Waals surface area contributed by atoms with Crippen LogP contribution in [0.25, 0.3) is 90.6 Å². The van der Waals surface area contributed by atoms with Gasteiger partial charge in [0.1, 0.15) is 4.83 Å². The predicted octanol–water partition coefficient (Wildman–Crippen LogP) is 11.6. The molecule has 10 aromatic rings. The van der Waals surface area contributed by atoms with Gasteiger partial charge in [-0.15, -0.1) is 22.7 Å². The van der Waals surface area contributed by atoms with E-state index in [9.17, 15) is 0 Å². The maximum atomic E-state index is 5.36. The van der Waals surface area contributed by atoms with Gasteiger partial charge in [-0.25, -0.2) is 9.97 Å². The van der Waals surface area contributed by atoms with E-state index in [4.69, 9.17) is 9.97 Å². The largest absolute Gasteiger partial charge is 0.309 e. The molecule has 0 N–H and O–H groups in total. The summed E-state index contributed by atoms with van der Waals surface area (Å²) in [6, 6.07) is 49.9. The maximum Gasteiger partial charge on any atom is 0.161 e. The van der Waals surface area contributed by atoms with E-state index in [1.54, 1.807) is 11.3 Å². The lowest BCUT2D eigenvalue weighted by Crippen LogP contribution is -2.00. The van der Waals surface area contributed by atoms with E-state index in [-0.39, 0.29) is 0 Å². The first-order valence-corrected chi connectivity index (χ1v) is 16.6. The molecule has 0 radical (unpaired) electrons. The van der Waals surface area contributed by atoms with Crippen LogP contribution in [0, 0.1) is 0 Å². The number of benzene rings is 6. The summed E-state index contributed by atoms with van der Waals surface area (Å²) >= 11 is 3.60. The van der Waals surface area contributed by atoms with Crippen molar-refractivity contribution in [3.05, 3.63) is 140 Å². The minimum absolute atomic E-state index is 0.744. The third-order valence-electron chi connectivity index (χ3n) is 8.84. The molecule has 4 aromatic heterocycles. The topological polar surface area (TPSA) is 30.7 Å². The summed E-state index contributed by atoms with van der Waals surface area (Å²) in [4.78, 5) is 11.5. The Labute approximate surface area is 266 Å². The molecule has 210 valence electrons. The molecule has 0 bridgehead atoms. The average Bonchev–Trinajstić information content (AvgIpc) is 3.76. The molecular formula is C40H23N3S2. The molecule has 0 aliphatic carbocycles. The Bertz CT molecular complexity index is 2770. The van der Waals surface area contributed by atoms with Crippen LogP contribution < -0.4 is 0 Å². The molecule has 6 aromatic carbocycles. The van der Waals surface area contributed by atoms with Crippen LogP contribution in [-0.4, -0.2) is 14.5 Å². The Morgan fingerprint density at radius 3 is 2.02 bits per heavy atom. The van der Waals surface area contributed by atoms with Gasteiger partial charge in [-0.05, 0) is 36.4 Å². The summed E-state index contributed by atoms with van der Waals surface area (Å²) in [5, 5.41) is 7.41. The zero-order chi connectivity index (χ0) is 29.5. The average molecular weight is 610 g/mol. The van der Waals surface area contributed by atoms with Gasteiger partial charge < -0.3 is 4.57 Å². The highest BCUT2D eigenvalue weighted by Gasteiger charge is 2.22. The van der Waals surface area contributed by atoms with Gasteiger partial charge in [-0.1, -0.05) is 103 Å². The molecule has 45 heavy (non-hydrogen) atoms. The number of thiophene rings is 2. The Kier molecular flexibility index (Phi) is 5.32. The van der Waals surface area contributed by atoms with Crippen LogP contribution in [0.5, 0.6) is 0 Å². The van der Waals surface area contributed by atoms with Crippen molar-refractivity contribution in [2.75, 3.05) is 0 Å². The Hall–Kier alpha value is -5.36. The van der Waals surface area contributed by atoms with E-state index in [2.05, 4.69) is 138 Å². The van der Waals surface area contributed by atoms with Gasteiger partial charge in [0, 0.05) is 57.5 Å². The fourth-order valence-corrected chi connectivity index (χ4v) is 9.05. The molecule has 3 nitrogen and oxygen atoms in total. The van der Waals surface area contributed by atoms with Crippen LogP contribution in [0.2, 0.25) is 0 Å². The van der Waals surface area contributed by atoms with Crippen LogP contribution in [0.3, 0.4) is 0 Å². The summed E-state index contributed by atoms with van der Waals surface area (Å²) < 4.78 is 6.29. The van der Waals surface area contributed by atoms with Crippen LogP contribution in [0.1, 0.15) is 0 Å². The highest BCUT2D eigenvalue weighted by molar-refractivity contribution is 7.26. The number of fused-ring (bicyclic) bond motifs is 9. The summed E-state index contributed by atoms with van der Waals surface area (Å²) in [6.07, 6.45) is 0. The predicted molar refractivity (Wildman–Crippen MR) is 193 cm³/mol. The summed E-state index contributed by atoms with van der Waals surface area (Å²) in [5.74, 6) is 0.744. The van der Waals surface area contributed by atoms with E-state index in [1.807, 2.05) is 17.4 Å². The van der Waals surface area contributed by atoms with Crippen LogP contribution in [0.15, 0.2) is 140 Å². The SMILES string of the molecule is c1ccc(-c2nc(-c3ccccc3-n3c4ccccc4c4cc5sc6ccccc6c5cc43)c3c(n2)sc2ccccc23)cc1. The third kappa shape index (κ3) is 3.69. The first-order valence-electron chi connectivity index (χ1n) is 15.0. The van der Waals surface area contributed by atoms with Crippen molar-refractivity contribution in [2.24, 2.45) is 0 Å². The molecule has 0 fully saturated rings. The monoisotopic (exact) mass is 609 g/mol. The number of aromatic nitrogens is 3. The third-order valence-corrected chi connectivity index (χ3v) is 11.0. The van der Waals surface area contributed by atoms with Gasteiger partial charge in [0.15, 0.2) is 5.82 Å². The molecule has 0 saturated heterocycles. The quantitative estimate of drug-likeness (QED) is 0.199. The minimum Gasteiger partial charge on any atom is -0.309 e. The van der Waals surface area contributed by atoms with Crippen molar-refractivity contribution >= 4 is 85.0 Å². The van der Waals surface area contributed by atoms with Crippen LogP contribution in [0.4, 0.5) is 0 Å². The molecule has 0 atom stereocenters. The second-order valence-corrected chi connectivity index (χ2v) is 13.5. The number of hydrogen-bond acceptors (Lipinski definition) is 4. The van der Waals surface area contributed by atoms with E-state index in [0.29, 0.717) is 0 Å². The Balaban J connectivity index is 1.34. The standard InChI is InChI=1S/C40H23N3S2/c1-2-12-24(13-3-1)39-41-38(37-28-17-7-11-21-35(28)45-40(37)42-39)27-16-5-9-19-32(27)43-31-18-8-4-14-25(31)29-23-36-30(22-33(29)43)26-15-6-10-20-34(26)44-36/h1-23H. The lowest BCUT2D eigenvalue weighted by molar-refractivity contribution is 1.17. The van der Waals surface area contributed by atoms with Gasteiger partial charge in [0.05, 0.1) is 22.4 Å². The Morgan fingerprint density at radius 2 is 1.16 bits per heavy atom. The molecule has 0 aliphatic heterocycles. The lowest BCUT2D eigenvalue weighted by atomic mass is 10.0. The first-order chi connectivity index (χ1) is 22.3. The summed E-state index contributed by atoms with van der Waals surface area (Å²) in [5.41, 5.74) is 6.55. The molecule has 0 amide bonds. The lowest BCUT2D eigenvalue weighted by Gasteiger charge is -2.15. The second kappa shape index (κ2) is 9.57. The molecule has 5 heteroatoms. The molecular weight excluding hydrogens is 587 g/mol. The first kappa shape index (κ1) is 25.0. The van der Waals surface area contributed by atoms with Gasteiger partial charge in [0.25, 0.3) is 0 Å². The smallest absolute Gasteiger partial charge is 0.161 e. The number of nitrogens with zero attached hydrogens (tertiary/aromatic N) is 3. The fraction of sp³-hybridized carbons (Fsp3) is 0. The van der Waals surface area contributed by atoms with Gasteiger partial charge in [-0.2, -0.15) is 0 Å². The number of hydrogen-bond donors (Lipinski definition) is 0. The van der Waals surface area contributed by atoms with Crippen molar-refractivity contribution in [1.82, 2.24) is 14.5 Å². The van der Waals surface area contributed by atoms with Gasteiger partial charge in [0.2, 0.25) is 0 Å². The van der Waals surface area contributed by atoms with E-state index >= 15 is 0 Å². The number of rotatable bonds is 3. The molecule has 10 rings (SSSR count). The van der Waals surface area contributed by atoms with Crippen molar-refractivity contribution in [3.63, 3.8) is 0 Å². The van der Waals surface area contributed by atoms with E-state index in [1.165, 1.54) is 52.1 Å². The van der Waals surface area contributed by atoms with E-state index in [0.717, 1.165) is 38.5 Å². The van der Waals surface area contributed by atoms with Gasteiger partial charge >= 0.3 is 0 Å². The zero-order valence-corrected chi connectivity index (χ0v) is 25.6. The summed E-state index contributed by atoms with van der Waals surface area (Å²) in [6.45, 7) is 0. The Morgan fingerprint density at radius 1 is 0.467 bits per heavy atom. The fourth-order valence-electron chi connectivity index (χ4n) is 6.85. The van der Waals surface area contributed by atoms with Crippen molar-refractivity contribution in [2.45, 2.75) is 0 Å². The zero-order valence-electron chi connectivity index (χ0n) is 23.9.